The second kappa shape index (κ2) is 9.38. The van der Waals surface area contributed by atoms with Crippen LogP contribution in [0.4, 0.5) is 0 Å². The van der Waals surface area contributed by atoms with Crippen LogP contribution in [-0.2, 0) is 14.4 Å². The molecule has 0 spiro atoms. The van der Waals surface area contributed by atoms with Crippen molar-refractivity contribution in [2.75, 3.05) is 6.54 Å². The number of H-pyrrole nitrogens is 1. The molecular formula is C24H28N4O4. The van der Waals surface area contributed by atoms with Crippen molar-refractivity contribution in [3.05, 3.63) is 48.7 Å². The average molecular weight is 437 g/mol. The highest BCUT2D eigenvalue weighted by atomic mass is 16.2. The van der Waals surface area contributed by atoms with Crippen LogP contribution in [0.15, 0.2) is 43.0 Å². The lowest BCUT2D eigenvalue weighted by molar-refractivity contribution is -0.129. The van der Waals surface area contributed by atoms with Gasteiger partial charge in [0.05, 0.1) is 6.04 Å². The number of hydrogen-bond acceptors (Lipinski definition) is 4. The van der Waals surface area contributed by atoms with E-state index in [9.17, 15) is 19.2 Å². The first-order chi connectivity index (χ1) is 15.4. The quantitative estimate of drug-likeness (QED) is 0.425. The predicted octanol–water partition coefficient (Wildman–Crippen LogP) is 1.83. The molecule has 1 aromatic carbocycles. The highest BCUT2D eigenvalue weighted by molar-refractivity contribution is 6.01. The minimum absolute atomic E-state index is 0.109. The number of nitrogens with one attached hydrogen (secondary N) is 4. The van der Waals surface area contributed by atoms with Crippen LogP contribution in [0.2, 0.25) is 0 Å². The third-order valence-electron chi connectivity index (χ3n) is 6.21. The molecule has 32 heavy (non-hydrogen) atoms. The van der Waals surface area contributed by atoms with Gasteiger partial charge in [-0.3, -0.25) is 19.2 Å². The van der Waals surface area contributed by atoms with Crippen molar-refractivity contribution < 1.29 is 19.2 Å². The molecule has 1 aliphatic carbocycles. The minimum Gasteiger partial charge on any atom is -0.356 e. The fourth-order valence-corrected chi connectivity index (χ4v) is 4.17. The van der Waals surface area contributed by atoms with Gasteiger partial charge in [0.25, 0.3) is 5.91 Å². The molecule has 168 valence electrons. The molecule has 1 aliphatic heterocycles. The van der Waals surface area contributed by atoms with Crippen LogP contribution in [0.3, 0.4) is 0 Å². The maximum absolute atomic E-state index is 13.1. The third-order valence-corrected chi connectivity index (χ3v) is 6.21. The molecule has 2 fully saturated rings. The van der Waals surface area contributed by atoms with Crippen molar-refractivity contribution in [3.8, 4) is 0 Å². The van der Waals surface area contributed by atoms with Gasteiger partial charge in [0, 0.05) is 23.4 Å². The number of para-hydroxylation sites is 1. The van der Waals surface area contributed by atoms with Crippen LogP contribution in [0.5, 0.6) is 0 Å². The maximum atomic E-state index is 13.1. The number of rotatable bonds is 10. The zero-order valence-electron chi connectivity index (χ0n) is 17.9. The van der Waals surface area contributed by atoms with Gasteiger partial charge in [-0.05, 0) is 43.4 Å². The Bertz CT molecular complexity index is 1020. The zero-order chi connectivity index (χ0) is 22.7. The standard InChI is InChI=1S/C24H28N4O4/c1-2-21(29)18(13-16-9-10-25-22(16)30)27-23(31)19(11-14-7-8-14)28-24(32)20-12-15-5-3-4-6-17(15)26-20/h2-6,12,14,16,18-19,26H,1,7-11,13H2,(H,25,30)(H,27,31)(H,28,32)/t16-,18-,19-/m0/s1. The van der Waals surface area contributed by atoms with E-state index in [4.69, 9.17) is 0 Å². The summed E-state index contributed by atoms with van der Waals surface area (Å²) in [4.78, 5) is 53.4. The van der Waals surface area contributed by atoms with E-state index in [1.165, 1.54) is 0 Å². The van der Waals surface area contributed by atoms with Crippen LogP contribution >= 0.6 is 0 Å². The largest absolute Gasteiger partial charge is 0.356 e. The van der Waals surface area contributed by atoms with E-state index in [-0.39, 0.29) is 29.9 Å². The molecule has 2 heterocycles. The Hall–Kier alpha value is -3.42. The highest BCUT2D eigenvalue weighted by Gasteiger charge is 2.34. The molecule has 1 saturated heterocycles. The molecule has 1 aromatic heterocycles. The normalized spacial score (nSPS) is 19.8. The molecule has 4 N–H and O–H groups in total. The van der Waals surface area contributed by atoms with E-state index in [1.807, 2.05) is 24.3 Å². The average Bonchev–Trinajstić information content (AvgIpc) is 3.35. The lowest BCUT2D eigenvalue weighted by atomic mass is 9.95. The number of benzene rings is 1. The fourth-order valence-electron chi connectivity index (χ4n) is 4.17. The summed E-state index contributed by atoms with van der Waals surface area (Å²) >= 11 is 0. The molecule has 3 amide bonds. The highest BCUT2D eigenvalue weighted by Crippen LogP contribution is 2.33. The summed E-state index contributed by atoms with van der Waals surface area (Å²) in [5.74, 6) is -1.19. The number of ketones is 1. The smallest absolute Gasteiger partial charge is 0.268 e. The Morgan fingerprint density at radius 2 is 1.88 bits per heavy atom. The molecule has 0 bridgehead atoms. The number of aromatic nitrogens is 1. The Balaban J connectivity index is 1.46. The lowest BCUT2D eigenvalue weighted by Gasteiger charge is -2.23. The van der Waals surface area contributed by atoms with E-state index in [0.717, 1.165) is 29.8 Å². The first-order valence-corrected chi connectivity index (χ1v) is 11.1. The summed E-state index contributed by atoms with van der Waals surface area (Å²) in [6, 6.07) is 7.69. The number of fused-ring (bicyclic) bond motifs is 1. The number of aromatic amines is 1. The van der Waals surface area contributed by atoms with Crippen LogP contribution < -0.4 is 16.0 Å². The summed E-state index contributed by atoms with van der Waals surface area (Å²) in [7, 11) is 0. The SMILES string of the molecule is C=CC(=O)[C@H](C[C@@H]1CCNC1=O)NC(=O)[C@H](CC1CC1)NC(=O)c1cc2ccccc2[nH]1. The van der Waals surface area contributed by atoms with Gasteiger partial charge in [0.2, 0.25) is 11.8 Å². The van der Waals surface area contributed by atoms with Crippen molar-refractivity contribution >= 4 is 34.4 Å². The van der Waals surface area contributed by atoms with E-state index in [1.54, 1.807) is 6.07 Å². The number of amides is 3. The Morgan fingerprint density at radius 3 is 2.53 bits per heavy atom. The third kappa shape index (κ3) is 5.07. The van der Waals surface area contributed by atoms with Gasteiger partial charge in [-0.1, -0.05) is 37.6 Å². The van der Waals surface area contributed by atoms with Gasteiger partial charge >= 0.3 is 0 Å². The summed E-state index contributed by atoms with van der Waals surface area (Å²) < 4.78 is 0. The van der Waals surface area contributed by atoms with Crippen molar-refractivity contribution in [1.29, 1.82) is 0 Å². The number of carbonyl (C=O) groups is 4. The van der Waals surface area contributed by atoms with Crippen LogP contribution in [-0.4, -0.2) is 47.1 Å². The molecule has 4 rings (SSSR count). The molecule has 0 radical (unpaired) electrons. The van der Waals surface area contributed by atoms with E-state index < -0.39 is 18.0 Å². The first-order valence-electron chi connectivity index (χ1n) is 11.1. The van der Waals surface area contributed by atoms with Crippen LogP contribution in [0.25, 0.3) is 10.9 Å². The summed E-state index contributed by atoms with van der Waals surface area (Å²) in [5.41, 5.74) is 1.22. The minimum atomic E-state index is -0.847. The van der Waals surface area contributed by atoms with Gasteiger partial charge in [0.1, 0.15) is 11.7 Å². The van der Waals surface area contributed by atoms with Gasteiger partial charge in [-0.2, -0.15) is 0 Å². The maximum Gasteiger partial charge on any atom is 0.268 e. The van der Waals surface area contributed by atoms with E-state index in [0.29, 0.717) is 31.0 Å². The molecule has 2 aromatic rings. The molecule has 0 unspecified atom stereocenters. The van der Waals surface area contributed by atoms with Crippen LogP contribution in [0, 0.1) is 11.8 Å². The second-order valence-electron chi connectivity index (χ2n) is 8.66. The molecular weight excluding hydrogens is 408 g/mol. The van der Waals surface area contributed by atoms with Crippen LogP contribution in [0.1, 0.15) is 42.6 Å². The molecule has 1 saturated carbocycles. The van der Waals surface area contributed by atoms with Gasteiger partial charge in [0.15, 0.2) is 5.78 Å². The van der Waals surface area contributed by atoms with E-state index >= 15 is 0 Å². The van der Waals surface area contributed by atoms with Gasteiger partial charge in [-0.15, -0.1) is 0 Å². The summed E-state index contributed by atoms with van der Waals surface area (Å²) in [6.45, 7) is 4.09. The van der Waals surface area contributed by atoms with Gasteiger partial charge in [-0.25, -0.2) is 0 Å². The predicted molar refractivity (Wildman–Crippen MR) is 120 cm³/mol. The van der Waals surface area contributed by atoms with Crippen molar-refractivity contribution in [2.24, 2.45) is 11.8 Å². The second-order valence-corrected chi connectivity index (χ2v) is 8.66. The monoisotopic (exact) mass is 436 g/mol. The lowest BCUT2D eigenvalue weighted by Crippen LogP contribution is -2.52. The summed E-state index contributed by atoms with van der Waals surface area (Å²) in [6.07, 6.45) is 4.55. The van der Waals surface area contributed by atoms with Crippen molar-refractivity contribution in [3.63, 3.8) is 0 Å². The first kappa shape index (κ1) is 21.8. The molecule has 8 heteroatoms. The number of hydrogen-bond donors (Lipinski definition) is 4. The zero-order valence-corrected chi connectivity index (χ0v) is 17.9. The van der Waals surface area contributed by atoms with Crippen molar-refractivity contribution in [2.45, 2.75) is 44.2 Å². The Labute approximate surface area is 186 Å². The molecule has 8 nitrogen and oxygen atoms in total. The van der Waals surface area contributed by atoms with E-state index in [2.05, 4.69) is 27.5 Å². The Kier molecular flexibility index (Phi) is 6.39. The Morgan fingerprint density at radius 1 is 1.09 bits per heavy atom. The van der Waals surface area contributed by atoms with Gasteiger partial charge < -0.3 is 20.9 Å². The number of carbonyl (C=O) groups excluding carboxylic acids is 4. The topological polar surface area (TPSA) is 120 Å². The molecule has 3 atom stereocenters. The molecule has 2 aliphatic rings. The summed E-state index contributed by atoms with van der Waals surface area (Å²) in [5, 5.41) is 9.26. The van der Waals surface area contributed by atoms with Crippen molar-refractivity contribution in [1.82, 2.24) is 20.9 Å². The fraction of sp³-hybridized carbons (Fsp3) is 0.417.